The van der Waals surface area contributed by atoms with Crippen LogP contribution in [0.1, 0.15) is 6.92 Å². The number of hydrogen-bond acceptors (Lipinski definition) is 5. The monoisotopic (exact) mass is 233 g/mol. The van der Waals surface area contributed by atoms with Gasteiger partial charge in [0.1, 0.15) is 17.4 Å². The van der Waals surface area contributed by atoms with Crippen LogP contribution in [0, 0.1) is 0 Å². The summed E-state index contributed by atoms with van der Waals surface area (Å²) in [4.78, 5) is 21.5. The van der Waals surface area contributed by atoms with Crippen LogP contribution in [0.15, 0.2) is 39.5 Å². The minimum Gasteiger partial charge on any atom is -0.546 e. The van der Waals surface area contributed by atoms with Gasteiger partial charge in [-0.2, -0.15) is 0 Å². The number of benzene rings is 1. The quantitative estimate of drug-likeness (QED) is 0.713. The van der Waals surface area contributed by atoms with E-state index in [-0.39, 0.29) is 0 Å². The van der Waals surface area contributed by atoms with Crippen molar-refractivity contribution in [1.29, 1.82) is 0 Å². The summed E-state index contributed by atoms with van der Waals surface area (Å²) < 4.78 is 10.0. The van der Waals surface area contributed by atoms with E-state index in [4.69, 9.17) is 9.15 Å². The molecule has 1 aromatic heterocycles. The first kappa shape index (κ1) is 11.2. The van der Waals surface area contributed by atoms with Crippen molar-refractivity contribution in [3.63, 3.8) is 0 Å². The SMILES string of the molecule is C[C@@H](Oc1ccc2ccc(=O)oc2c1)C(=O)[O-]. The van der Waals surface area contributed by atoms with E-state index in [1.165, 1.54) is 19.1 Å². The topological polar surface area (TPSA) is 79.6 Å². The van der Waals surface area contributed by atoms with Crippen molar-refractivity contribution in [1.82, 2.24) is 0 Å². The average Bonchev–Trinajstić information content (AvgIpc) is 2.28. The van der Waals surface area contributed by atoms with Gasteiger partial charge in [-0.05, 0) is 25.1 Å². The van der Waals surface area contributed by atoms with Crippen LogP contribution in [0.25, 0.3) is 11.0 Å². The van der Waals surface area contributed by atoms with E-state index >= 15 is 0 Å². The van der Waals surface area contributed by atoms with E-state index in [9.17, 15) is 14.7 Å². The summed E-state index contributed by atoms with van der Waals surface area (Å²) in [5.74, 6) is -0.997. The Morgan fingerprint density at radius 1 is 1.35 bits per heavy atom. The van der Waals surface area contributed by atoms with Gasteiger partial charge in [-0.15, -0.1) is 0 Å². The van der Waals surface area contributed by atoms with Crippen molar-refractivity contribution in [3.05, 3.63) is 40.8 Å². The highest BCUT2D eigenvalue weighted by Crippen LogP contribution is 2.20. The molecule has 5 nitrogen and oxygen atoms in total. The zero-order chi connectivity index (χ0) is 12.4. The number of carbonyl (C=O) groups excluding carboxylic acids is 1. The van der Waals surface area contributed by atoms with Crippen molar-refractivity contribution in [3.8, 4) is 5.75 Å². The van der Waals surface area contributed by atoms with Crippen molar-refractivity contribution < 1.29 is 19.1 Å². The molecule has 0 saturated carbocycles. The number of hydrogen-bond donors (Lipinski definition) is 0. The highest BCUT2D eigenvalue weighted by atomic mass is 16.5. The molecule has 0 bridgehead atoms. The predicted molar refractivity (Wildman–Crippen MR) is 57.6 cm³/mol. The van der Waals surface area contributed by atoms with Gasteiger partial charge in [0.15, 0.2) is 0 Å². The van der Waals surface area contributed by atoms with Gasteiger partial charge in [0.25, 0.3) is 0 Å². The lowest BCUT2D eigenvalue weighted by atomic mass is 10.2. The Morgan fingerprint density at radius 3 is 2.76 bits per heavy atom. The van der Waals surface area contributed by atoms with Gasteiger partial charge in [0.05, 0.1) is 5.97 Å². The lowest BCUT2D eigenvalue weighted by Crippen LogP contribution is -2.37. The van der Waals surface area contributed by atoms with Crippen LogP contribution in [0.2, 0.25) is 0 Å². The summed E-state index contributed by atoms with van der Waals surface area (Å²) in [5, 5.41) is 11.2. The lowest BCUT2D eigenvalue weighted by molar-refractivity contribution is -0.312. The number of fused-ring (bicyclic) bond motifs is 1. The zero-order valence-corrected chi connectivity index (χ0v) is 9.01. The molecule has 17 heavy (non-hydrogen) atoms. The molecule has 0 amide bonds. The van der Waals surface area contributed by atoms with Crippen LogP contribution in [0.3, 0.4) is 0 Å². The van der Waals surface area contributed by atoms with Crippen LogP contribution >= 0.6 is 0 Å². The Balaban J connectivity index is 2.37. The molecule has 0 aliphatic carbocycles. The van der Waals surface area contributed by atoms with E-state index in [1.807, 2.05) is 0 Å². The van der Waals surface area contributed by atoms with Gasteiger partial charge in [-0.1, -0.05) is 0 Å². The normalized spacial score (nSPS) is 12.3. The summed E-state index contributed by atoms with van der Waals surface area (Å²) in [6.07, 6.45) is -1.07. The maximum Gasteiger partial charge on any atom is 0.336 e. The second-order valence-electron chi connectivity index (χ2n) is 3.53. The third-order valence-corrected chi connectivity index (χ3v) is 2.24. The third-order valence-electron chi connectivity index (χ3n) is 2.24. The molecule has 88 valence electrons. The Kier molecular flexibility index (Phi) is 2.82. The fourth-order valence-electron chi connectivity index (χ4n) is 1.37. The molecule has 0 unspecified atom stereocenters. The van der Waals surface area contributed by atoms with Crippen molar-refractivity contribution in [2.75, 3.05) is 0 Å². The molecular formula is C12H9O5-. The maximum atomic E-state index is 11.0. The van der Waals surface area contributed by atoms with Crippen LogP contribution in [0.4, 0.5) is 0 Å². The van der Waals surface area contributed by atoms with Crippen molar-refractivity contribution in [2.45, 2.75) is 13.0 Å². The molecule has 2 rings (SSSR count). The second-order valence-corrected chi connectivity index (χ2v) is 3.53. The fourth-order valence-corrected chi connectivity index (χ4v) is 1.37. The molecule has 0 spiro atoms. The van der Waals surface area contributed by atoms with Gasteiger partial charge in [-0.3, -0.25) is 0 Å². The number of carboxylic acids is 1. The predicted octanol–water partition coefficient (Wildman–Crippen LogP) is 0.310. The summed E-state index contributed by atoms with van der Waals surface area (Å²) in [5.41, 5.74) is -0.122. The standard InChI is InChI=1S/C12H10O5/c1-7(12(14)15)16-9-4-2-8-3-5-11(13)17-10(8)6-9/h2-7H,1H3,(H,14,15)/p-1/t7-/m1/s1. The highest BCUT2D eigenvalue weighted by molar-refractivity contribution is 5.78. The molecule has 0 aliphatic rings. The number of carbonyl (C=O) groups is 1. The van der Waals surface area contributed by atoms with Gasteiger partial charge >= 0.3 is 5.63 Å². The number of carboxylic acid groups (broad SMARTS) is 1. The Bertz CT molecular complexity index is 614. The zero-order valence-electron chi connectivity index (χ0n) is 9.01. The van der Waals surface area contributed by atoms with Crippen LogP contribution in [-0.4, -0.2) is 12.1 Å². The van der Waals surface area contributed by atoms with Gasteiger partial charge < -0.3 is 19.1 Å². The van der Waals surface area contributed by atoms with Crippen LogP contribution in [0.5, 0.6) is 5.75 Å². The average molecular weight is 233 g/mol. The van der Waals surface area contributed by atoms with Crippen LogP contribution < -0.4 is 15.5 Å². The maximum absolute atomic E-state index is 11.0. The fraction of sp³-hybridized carbons (Fsp3) is 0.167. The van der Waals surface area contributed by atoms with Gasteiger partial charge in [-0.25, -0.2) is 4.79 Å². The first-order chi connectivity index (χ1) is 8.06. The van der Waals surface area contributed by atoms with E-state index in [0.717, 1.165) is 5.39 Å². The lowest BCUT2D eigenvalue weighted by Gasteiger charge is -2.15. The summed E-state index contributed by atoms with van der Waals surface area (Å²) in [6, 6.07) is 7.67. The molecule has 0 N–H and O–H groups in total. The van der Waals surface area contributed by atoms with Crippen LogP contribution in [-0.2, 0) is 4.79 Å². The van der Waals surface area contributed by atoms with E-state index < -0.39 is 17.7 Å². The minimum atomic E-state index is -1.31. The molecule has 2 aromatic rings. The summed E-state index contributed by atoms with van der Waals surface area (Å²) >= 11 is 0. The van der Waals surface area contributed by atoms with E-state index in [1.54, 1.807) is 18.2 Å². The molecule has 1 aromatic carbocycles. The molecule has 1 atom stereocenters. The minimum absolute atomic E-state index is 0.309. The first-order valence-corrected chi connectivity index (χ1v) is 4.98. The molecule has 0 saturated heterocycles. The van der Waals surface area contributed by atoms with E-state index in [0.29, 0.717) is 11.3 Å². The molecule has 0 fully saturated rings. The highest BCUT2D eigenvalue weighted by Gasteiger charge is 2.06. The largest absolute Gasteiger partial charge is 0.546 e. The van der Waals surface area contributed by atoms with Gasteiger partial charge in [0.2, 0.25) is 0 Å². The molecular weight excluding hydrogens is 224 g/mol. The summed E-state index contributed by atoms with van der Waals surface area (Å²) in [7, 11) is 0. The van der Waals surface area contributed by atoms with Crippen molar-refractivity contribution in [2.24, 2.45) is 0 Å². The number of ether oxygens (including phenoxy) is 1. The number of aliphatic carboxylic acids is 1. The first-order valence-electron chi connectivity index (χ1n) is 4.98. The second kappa shape index (κ2) is 4.29. The Labute approximate surface area is 96.2 Å². The molecule has 5 heteroatoms. The number of rotatable bonds is 3. The Hall–Kier alpha value is -2.30. The van der Waals surface area contributed by atoms with E-state index in [2.05, 4.69) is 0 Å². The van der Waals surface area contributed by atoms with Gasteiger partial charge in [0, 0.05) is 17.5 Å². The molecule has 0 aliphatic heterocycles. The smallest absolute Gasteiger partial charge is 0.336 e. The molecule has 0 radical (unpaired) electrons. The summed E-state index contributed by atoms with van der Waals surface area (Å²) in [6.45, 7) is 1.36. The molecule has 1 heterocycles. The Morgan fingerprint density at radius 2 is 2.06 bits per heavy atom. The van der Waals surface area contributed by atoms with Crippen molar-refractivity contribution >= 4 is 16.9 Å². The third kappa shape index (κ3) is 2.44.